The molecule has 0 saturated heterocycles. The summed E-state index contributed by atoms with van der Waals surface area (Å²) in [5.74, 6) is -1.25. The highest BCUT2D eigenvalue weighted by Crippen LogP contribution is 2.26. The number of aromatic nitrogens is 2. The van der Waals surface area contributed by atoms with Crippen molar-refractivity contribution in [2.75, 3.05) is 0 Å². The zero-order valence-electron chi connectivity index (χ0n) is 10.8. The van der Waals surface area contributed by atoms with E-state index in [0.717, 1.165) is 0 Å². The van der Waals surface area contributed by atoms with E-state index in [-0.39, 0.29) is 11.4 Å². The fourth-order valence-corrected chi connectivity index (χ4v) is 2.27. The van der Waals surface area contributed by atoms with E-state index in [9.17, 15) is 18.0 Å². The van der Waals surface area contributed by atoms with Gasteiger partial charge in [-0.2, -0.15) is 13.2 Å². The Morgan fingerprint density at radius 2 is 2.05 bits per heavy atom. The van der Waals surface area contributed by atoms with Crippen LogP contribution in [0.3, 0.4) is 0 Å². The molecule has 0 aromatic carbocycles. The fraction of sp³-hybridized carbons (Fsp3) is 0.385. The van der Waals surface area contributed by atoms with Crippen molar-refractivity contribution in [3.8, 4) is 0 Å². The Morgan fingerprint density at radius 1 is 1.40 bits per heavy atom. The summed E-state index contributed by atoms with van der Waals surface area (Å²) in [4.78, 5) is 15.4. The quantitative estimate of drug-likeness (QED) is 0.784. The van der Waals surface area contributed by atoms with Crippen molar-refractivity contribution in [1.29, 1.82) is 0 Å². The lowest BCUT2D eigenvalue weighted by molar-refractivity contribution is -0.0887. The van der Waals surface area contributed by atoms with Gasteiger partial charge < -0.3 is 4.40 Å². The summed E-state index contributed by atoms with van der Waals surface area (Å²) in [6.07, 6.45) is -2.81. The molecule has 0 saturated carbocycles. The molecule has 20 heavy (non-hydrogen) atoms. The number of carbonyl (C=O) groups excluding carboxylic acids is 1. The van der Waals surface area contributed by atoms with Gasteiger partial charge in [0.25, 0.3) is 5.78 Å². The second-order valence-electron chi connectivity index (χ2n) is 4.90. The molecule has 0 N–H and O–H groups in total. The lowest BCUT2D eigenvalue weighted by Gasteiger charge is -2.04. The number of alkyl halides is 3. The summed E-state index contributed by atoms with van der Waals surface area (Å²) < 4.78 is 40.1. The number of Topliss-reactive ketones (excluding diaryl/α,β-unsaturated/α-hetero) is 1. The number of carbonyl (C=O) groups is 1. The van der Waals surface area contributed by atoms with Gasteiger partial charge in [-0.3, -0.25) is 4.79 Å². The second kappa shape index (κ2) is 5.20. The highest BCUT2D eigenvalue weighted by atomic mass is 79.9. The van der Waals surface area contributed by atoms with Gasteiger partial charge in [0, 0.05) is 17.1 Å². The normalized spacial score (nSPS) is 12.3. The average Bonchev–Trinajstić information content (AvgIpc) is 2.64. The summed E-state index contributed by atoms with van der Waals surface area (Å²) in [5, 5.41) is 0. The maximum Gasteiger partial charge on any atom is 0.456 e. The Labute approximate surface area is 121 Å². The molecule has 0 aliphatic rings. The minimum absolute atomic E-state index is 0.172. The lowest BCUT2D eigenvalue weighted by atomic mass is 10.1. The van der Waals surface area contributed by atoms with Crippen LogP contribution in [0.25, 0.3) is 5.52 Å². The number of hydrogen-bond donors (Lipinski definition) is 0. The van der Waals surface area contributed by atoms with Gasteiger partial charge in [-0.05, 0) is 34.0 Å². The third-order valence-corrected chi connectivity index (χ3v) is 3.21. The molecular weight excluding hydrogens is 337 g/mol. The van der Waals surface area contributed by atoms with Crippen LogP contribution in [0.4, 0.5) is 13.2 Å². The topological polar surface area (TPSA) is 34.4 Å². The first-order valence-corrected chi connectivity index (χ1v) is 6.77. The molecule has 2 aromatic heterocycles. The molecule has 7 heteroatoms. The van der Waals surface area contributed by atoms with Crippen LogP contribution >= 0.6 is 15.9 Å². The fourth-order valence-electron chi connectivity index (χ4n) is 1.93. The van der Waals surface area contributed by atoms with Gasteiger partial charge in [-0.15, -0.1) is 0 Å². The molecule has 0 aliphatic heterocycles. The van der Waals surface area contributed by atoms with Crippen LogP contribution < -0.4 is 0 Å². The van der Waals surface area contributed by atoms with Crippen molar-refractivity contribution < 1.29 is 18.0 Å². The molecule has 0 atom stereocenters. The molecule has 0 spiro atoms. The lowest BCUT2D eigenvalue weighted by Crippen LogP contribution is -2.23. The Balaban J connectivity index is 2.64. The van der Waals surface area contributed by atoms with E-state index >= 15 is 0 Å². The molecular formula is C13H12BrF3N2O. The predicted octanol–water partition coefficient (Wildman–Crippen LogP) is 4.04. The van der Waals surface area contributed by atoms with Crippen LogP contribution in [0.15, 0.2) is 22.8 Å². The summed E-state index contributed by atoms with van der Waals surface area (Å²) in [6, 6.07) is 3.04. The van der Waals surface area contributed by atoms with E-state index in [1.165, 1.54) is 10.5 Å². The molecule has 0 bridgehead atoms. The maximum atomic E-state index is 12.6. The van der Waals surface area contributed by atoms with Crippen LogP contribution in [-0.4, -0.2) is 21.3 Å². The average molecular weight is 349 g/mol. The Morgan fingerprint density at radius 3 is 2.60 bits per heavy atom. The molecule has 3 nitrogen and oxygen atoms in total. The van der Waals surface area contributed by atoms with Gasteiger partial charge in [0.2, 0.25) is 0 Å². The highest BCUT2D eigenvalue weighted by Gasteiger charge is 2.42. The Kier molecular flexibility index (Phi) is 3.90. The summed E-state index contributed by atoms with van der Waals surface area (Å²) in [6.45, 7) is 3.87. The van der Waals surface area contributed by atoms with Gasteiger partial charge in [0.1, 0.15) is 11.5 Å². The molecule has 2 heterocycles. The second-order valence-corrected chi connectivity index (χ2v) is 5.82. The molecule has 0 aliphatic carbocycles. The standard InChI is InChI=1S/C13H12BrF3N2O/c1-7(2)5-10-18-11(12(20)13(15,16)17)9-4-3-8(14)6-19(9)10/h3-4,6-7H,5H2,1-2H3. The number of fused-ring (bicyclic) bond motifs is 1. The molecule has 0 unspecified atom stereocenters. The van der Waals surface area contributed by atoms with Crippen LogP contribution in [0.5, 0.6) is 0 Å². The van der Waals surface area contributed by atoms with Gasteiger partial charge in [0.15, 0.2) is 0 Å². The van der Waals surface area contributed by atoms with E-state index in [1.807, 2.05) is 13.8 Å². The summed E-state index contributed by atoms with van der Waals surface area (Å²) in [7, 11) is 0. The predicted molar refractivity (Wildman–Crippen MR) is 71.8 cm³/mol. The van der Waals surface area contributed by atoms with Crippen molar-refractivity contribution in [1.82, 2.24) is 9.38 Å². The van der Waals surface area contributed by atoms with Gasteiger partial charge in [-0.1, -0.05) is 13.8 Å². The first kappa shape index (κ1) is 15.0. The van der Waals surface area contributed by atoms with Crippen molar-refractivity contribution >= 4 is 27.2 Å². The number of halogens is 4. The van der Waals surface area contributed by atoms with Gasteiger partial charge in [0.05, 0.1) is 5.52 Å². The van der Waals surface area contributed by atoms with Crippen LogP contribution in [0.2, 0.25) is 0 Å². The van der Waals surface area contributed by atoms with Crippen LogP contribution in [0, 0.1) is 5.92 Å². The van der Waals surface area contributed by atoms with Crippen molar-refractivity contribution in [2.24, 2.45) is 5.92 Å². The number of hydrogen-bond acceptors (Lipinski definition) is 2. The number of imidazole rings is 1. The van der Waals surface area contributed by atoms with Crippen LogP contribution in [-0.2, 0) is 6.42 Å². The van der Waals surface area contributed by atoms with E-state index in [4.69, 9.17) is 0 Å². The van der Waals surface area contributed by atoms with Crippen molar-refractivity contribution in [2.45, 2.75) is 26.4 Å². The van der Waals surface area contributed by atoms with Gasteiger partial charge >= 0.3 is 6.18 Å². The Bertz CT molecular complexity index is 661. The highest BCUT2D eigenvalue weighted by molar-refractivity contribution is 9.10. The molecule has 0 radical (unpaired) electrons. The zero-order chi connectivity index (χ0) is 15.1. The zero-order valence-corrected chi connectivity index (χ0v) is 12.4. The molecule has 2 rings (SSSR count). The minimum atomic E-state index is -4.92. The smallest absolute Gasteiger partial charge is 0.302 e. The van der Waals surface area contributed by atoms with Crippen molar-refractivity contribution in [3.63, 3.8) is 0 Å². The Hall–Kier alpha value is -1.37. The molecule has 108 valence electrons. The van der Waals surface area contributed by atoms with E-state index < -0.39 is 17.7 Å². The number of ketones is 1. The largest absolute Gasteiger partial charge is 0.456 e. The first-order chi connectivity index (χ1) is 9.20. The first-order valence-electron chi connectivity index (χ1n) is 5.98. The summed E-state index contributed by atoms with van der Waals surface area (Å²) in [5.41, 5.74) is -0.369. The number of rotatable bonds is 3. The van der Waals surface area contributed by atoms with Crippen LogP contribution in [0.1, 0.15) is 30.2 Å². The molecule has 0 amide bonds. The van der Waals surface area contributed by atoms with Crippen molar-refractivity contribution in [3.05, 3.63) is 34.3 Å². The monoisotopic (exact) mass is 348 g/mol. The summed E-state index contributed by atoms with van der Waals surface area (Å²) >= 11 is 3.26. The van der Waals surface area contributed by atoms with Gasteiger partial charge in [-0.25, -0.2) is 4.98 Å². The minimum Gasteiger partial charge on any atom is -0.302 e. The van der Waals surface area contributed by atoms with E-state index in [1.54, 1.807) is 12.3 Å². The molecule has 2 aromatic rings. The third-order valence-electron chi connectivity index (χ3n) is 2.74. The SMILES string of the molecule is CC(C)Cc1nc(C(=O)C(F)(F)F)c2ccc(Br)cn12. The maximum absolute atomic E-state index is 12.6. The third kappa shape index (κ3) is 2.87. The van der Waals surface area contributed by atoms with E-state index in [0.29, 0.717) is 16.7 Å². The number of nitrogens with zero attached hydrogens (tertiary/aromatic N) is 2. The number of pyridine rings is 1. The molecule has 0 fully saturated rings. The van der Waals surface area contributed by atoms with E-state index in [2.05, 4.69) is 20.9 Å².